The fraction of sp³-hybridized carbons (Fsp3) is 0.267. The van der Waals surface area contributed by atoms with E-state index in [2.05, 4.69) is 27.5 Å². The van der Waals surface area contributed by atoms with Gasteiger partial charge < -0.3 is 10.6 Å². The van der Waals surface area contributed by atoms with Crippen molar-refractivity contribution >= 4 is 17.3 Å². The third-order valence-corrected chi connectivity index (χ3v) is 2.75. The average Bonchev–Trinajstić information content (AvgIpc) is 2.46. The lowest BCUT2D eigenvalue weighted by Crippen LogP contribution is -2.06. The van der Waals surface area contributed by atoms with Crippen molar-refractivity contribution in [1.29, 1.82) is 5.26 Å². The molecule has 5 nitrogen and oxygen atoms in total. The molecule has 0 bridgehead atoms. The first-order chi connectivity index (χ1) is 10.1. The molecule has 108 valence electrons. The lowest BCUT2D eigenvalue weighted by molar-refractivity contribution is 0.631. The van der Waals surface area contributed by atoms with E-state index in [-0.39, 0.29) is 11.3 Å². The molecule has 1 aromatic carbocycles. The van der Waals surface area contributed by atoms with E-state index >= 15 is 0 Å². The highest BCUT2D eigenvalue weighted by atomic mass is 19.1. The Kier molecular flexibility index (Phi) is 4.67. The van der Waals surface area contributed by atoms with Gasteiger partial charge in [0.15, 0.2) is 0 Å². The molecule has 1 heterocycles. The maximum Gasteiger partial charge on any atom is 0.147 e. The number of aromatic nitrogens is 2. The summed E-state index contributed by atoms with van der Waals surface area (Å²) in [7, 11) is 0. The van der Waals surface area contributed by atoms with E-state index in [0.717, 1.165) is 13.0 Å². The summed E-state index contributed by atoms with van der Waals surface area (Å²) in [6.07, 6.45) is 0.982. The molecule has 0 aliphatic carbocycles. The minimum Gasteiger partial charge on any atom is -0.370 e. The number of hydrogen-bond donors (Lipinski definition) is 2. The van der Waals surface area contributed by atoms with Gasteiger partial charge in [0, 0.05) is 12.6 Å². The normalized spacial score (nSPS) is 10.0. The lowest BCUT2D eigenvalue weighted by atomic mass is 10.2. The van der Waals surface area contributed by atoms with E-state index in [4.69, 9.17) is 5.26 Å². The van der Waals surface area contributed by atoms with Gasteiger partial charge in [0.05, 0.1) is 17.3 Å². The minimum absolute atomic E-state index is 0.272. The number of benzene rings is 1. The summed E-state index contributed by atoms with van der Waals surface area (Å²) in [5.74, 6) is 1.30. The van der Waals surface area contributed by atoms with Gasteiger partial charge in [-0.2, -0.15) is 5.26 Å². The quantitative estimate of drug-likeness (QED) is 0.881. The summed E-state index contributed by atoms with van der Waals surface area (Å²) in [5, 5.41) is 14.8. The highest BCUT2D eigenvalue weighted by Crippen LogP contribution is 2.21. The van der Waals surface area contributed by atoms with E-state index in [9.17, 15) is 4.39 Å². The molecular weight excluding hydrogens is 269 g/mol. The first-order valence-corrected chi connectivity index (χ1v) is 6.68. The highest BCUT2D eigenvalue weighted by molar-refractivity contribution is 5.60. The van der Waals surface area contributed by atoms with Crippen molar-refractivity contribution in [2.45, 2.75) is 20.3 Å². The first-order valence-electron chi connectivity index (χ1n) is 6.68. The number of rotatable bonds is 5. The smallest absolute Gasteiger partial charge is 0.147 e. The van der Waals surface area contributed by atoms with E-state index in [1.807, 2.05) is 6.07 Å². The molecule has 0 atom stereocenters. The fourth-order valence-corrected chi connectivity index (χ4v) is 1.80. The zero-order chi connectivity index (χ0) is 15.2. The van der Waals surface area contributed by atoms with Crippen LogP contribution in [0.5, 0.6) is 0 Å². The van der Waals surface area contributed by atoms with Gasteiger partial charge in [0.2, 0.25) is 0 Å². The Balaban J connectivity index is 2.23. The zero-order valence-corrected chi connectivity index (χ0v) is 11.9. The van der Waals surface area contributed by atoms with E-state index in [1.165, 1.54) is 12.1 Å². The molecule has 6 heteroatoms. The number of anilines is 3. The molecule has 0 spiro atoms. The van der Waals surface area contributed by atoms with Crippen LogP contribution < -0.4 is 10.6 Å². The minimum atomic E-state index is -0.492. The zero-order valence-electron chi connectivity index (χ0n) is 11.9. The Bertz CT molecular complexity index is 678. The van der Waals surface area contributed by atoms with Crippen molar-refractivity contribution in [3.8, 4) is 6.07 Å². The Hall–Kier alpha value is -2.68. The van der Waals surface area contributed by atoms with Crippen LogP contribution in [-0.2, 0) is 0 Å². The van der Waals surface area contributed by atoms with Crippen LogP contribution in [0.25, 0.3) is 0 Å². The molecule has 0 radical (unpaired) electrons. The van der Waals surface area contributed by atoms with Gasteiger partial charge in [-0.3, -0.25) is 0 Å². The second kappa shape index (κ2) is 6.66. The summed E-state index contributed by atoms with van der Waals surface area (Å²) in [6.45, 7) is 4.64. The predicted octanol–water partition coefficient (Wildman–Crippen LogP) is 3.36. The standard InChI is InChI=1S/C15H16FN5/c1-3-6-18-14-8-15(20-10(2)19-14)21-13-5-4-11(9-17)7-12(13)16/h4-5,7-8H,3,6H2,1-2H3,(H2,18,19,20,21). The van der Waals surface area contributed by atoms with Crippen molar-refractivity contribution in [3.05, 3.63) is 41.5 Å². The van der Waals surface area contributed by atoms with Gasteiger partial charge in [-0.1, -0.05) is 6.92 Å². The van der Waals surface area contributed by atoms with Crippen molar-refractivity contribution < 1.29 is 4.39 Å². The van der Waals surface area contributed by atoms with Crippen molar-refractivity contribution in [1.82, 2.24) is 9.97 Å². The van der Waals surface area contributed by atoms with Crippen molar-refractivity contribution in [3.63, 3.8) is 0 Å². The molecule has 21 heavy (non-hydrogen) atoms. The van der Waals surface area contributed by atoms with Crippen molar-refractivity contribution in [2.24, 2.45) is 0 Å². The fourth-order valence-electron chi connectivity index (χ4n) is 1.80. The average molecular weight is 285 g/mol. The van der Waals surface area contributed by atoms with Crippen LogP contribution in [0.2, 0.25) is 0 Å². The van der Waals surface area contributed by atoms with Gasteiger partial charge in [-0.25, -0.2) is 14.4 Å². The molecule has 2 rings (SSSR count). The van der Waals surface area contributed by atoms with E-state index < -0.39 is 5.82 Å². The third-order valence-electron chi connectivity index (χ3n) is 2.75. The summed E-state index contributed by atoms with van der Waals surface area (Å²) in [4.78, 5) is 8.49. The van der Waals surface area contributed by atoms with Gasteiger partial charge in [-0.05, 0) is 31.5 Å². The van der Waals surface area contributed by atoms with Gasteiger partial charge in [0.1, 0.15) is 23.3 Å². The first kappa shape index (κ1) is 14.7. The highest BCUT2D eigenvalue weighted by Gasteiger charge is 2.07. The molecule has 0 saturated carbocycles. The lowest BCUT2D eigenvalue weighted by Gasteiger charge is -2.10. The number of nitrogens with zero attached hydrogens (tertiary/aromatic N) is 3. The van der Waals surface area contributed by atoms with E-state index in [0.29, 0.717) is 17.5 Å². The third kappa shape index (κ3) is 3.89. The van der Waals surface area contributed by atoms with Gasteiger partial charge >= 0.3 is 0 Å². The Labute approximate surface area is 122 Å². The molecule has 0 unspecified atom stereocenters. The van der Waals surface area contributed by atoms with Gasteiger partial charge in [0.25, 0.3) is 0 Å². The van der Waals surface area contributed by atoms with Crippen LogP contribution in [-0.4, -0.2) is 16.5 Å². The van der Waals surface area contributed by atoms with Crippen LogP contribution in [0.3, 0.4) is 0 Å². The Morgan fingerprint density at radius 1 is 1.24 bits per heavy atom. The molecule has 2 N–H and O–H groups in total. The molecule has 1 aromatic heterocycles. The van der Waals surface area contributed by atoms with E-state index in [1.54, 1.807) is 19.1 Å². The molecule has 0 amide bonds. The summed E-state index contributed by atoms with van der Waals surface area (Å²) in [5.41, 5.74) is 0.552. The summed E-state index contributed by atoms with van der Waals surface area (Å²) >= 11 is 0. The topological polar surface area (TPSA) is 73.6 Å². The summed E-state index contributed by atoms with van der Waals surface area (Å²) < 4.78 is 13.9. The van der Waals surface area contributed by atoms with Gasteiger partial charge in [-0.15, -0.1) is 0 Å². The number of nitriles is 1. The molecule has 0 saturated heterocycles. The van der Waals surface area contributed by atoms with Crippen LogP contribution in [0.1, 0.15) is 24.7 Å². The predicted molar refractivity (Wildman–Crippen MR) is 79.9 cm³/mol. The van der Waals surface area contributed by atoms with Crippen LogP contribution in [0, 0.1) is 24.1 Å². The molecular formula is C15H16FN5. The maximum atomic E-state index is 13.9. The van der Waals surface area contributed by atoms with Crippen LogP contribution >= 0.6 is 0 Å². The second-order valence-corrected chi connectivity index (χ2v) is 4.54. The Morgan fingerprint density at radius 3 is 2.67 bits per heavy atom. The SMILES string of the molecule is CCCNc1cc(Nc2ccc(C#N)cc2F)nc(C)n1. The maximum absolute atomic E-state index is 13.9. The largest absolute Gasteiger partial charge is 0.370 e. The molecule has 2 aromatic rings. The molecule has 0 aliphatic rings. The number of nitrogens with one attached hydrogen (secondary N) is 2. The molecule has 0 fully saturated rings. The molecule has 0 aliphatic heterocycles. The van der Waals surface area contributed by atoms with Crippen LogP contribution in [0.4, 0.5) is 21.7 Å². The van der Waals surface area contributed by atoms with Crippen LogP contribution in [0.15, 0.2) is 24.3 Å². The Morgan fingerprint density at radius 2 is 2.00 bits per heavy atom. The number of aryl methyl sites for hydroxylation is 1. The second-order valence-electron chi connectivity index (χ2n) is 4.54. The van der Waals surface area contributed by atoms with Crippen molar-refractivity contribution in [2.75, 3.05) is 17.2 Å². The summed E-state index contributed by atoms with van der Waals surface area (Å²) in [6, 6.07) is 7.88. The monoisotopic (exact) mass is 285 g/mol. The number of halogens is 1. The number of hydrogen-bond acceptors (Lipinski definition) is 5.